The lowest BCUT2D eigenvalue weighted by Crippen LogP contribution is -2.47. The minimum atomic E-state index is -3.02. The highest BCUT2D eigenvalue weighted by atomic mass is 32.2. The molecule has 2 N–H and O–H groups in total. The molecule has 0 aliphatic carbocycles. The van der Waals surface area contributed by atoms with E-state index < -0.39 is 9.84 Å². The molecule has 0 aromatic carbocycles. The van der Waals surface area contributed by atoms with Gasteiger partial charge in [-0.1, -0.05) is 0 Å². The van der Waals surface area contributed by atoms with Gasteiger partial charge in [-0.25, -0.2) is 13.4 Å². The maximum atomic E-state index is 11.9. The van der Waals surface area contributed by atoms with E-state index in [2.05, 4.69) is 15.6 Å². The van der Waals surface area contributed by atoms with E-state index in [-0.39, 0.29) is 29.9 Å². The first kappa shape index (κ1) is 15.7. The van der Waals surface area contributed by atoms with Gasteiger partial charge >= 0.3 is 0 Å². The Labute approximate surface area is 124 Å². The van der Waals surface area contributed by atoms with E-state index >= 15 is 0 Å². The number of pyridine rings is 1. The number of aromatic nitrogens is 1. The van der Waals surface area contributed by atoms with Gasteiger partial charge in [-0.15, -0.1) is 0 Å². The van der Waals surface area contributed by atoms with Crippen LogP contribution in [0.25, 0.3) is 0 Å². The Kier molecular flexibility index (Phi) is 5.13. The number of sulfone groups is 1. The predicted octanol–water partition coefficient (Wildman–Crippen LogP) is -0.517. The number of carbonyl (C=O) groups is 1. The summed E-state index contributed by atoms with van der Waals surface area (Å²) in [6.07, 6.45) is 1.76. The van der Waals surface area contributed by atoms with E-state index in [1.54, 1.807) is 18.3 Å². The Morgan fingerprint density at radius 3 is 3.10 bits per heavy atom. The molecular weight excluding hydrogens is 294 g/mol. The van der Waals surface area contributed by atoms with E-state index in [0.717, 1.165) is 5.56 Å². The fourth-order valence-corrected chi connectivity index (χ4v) is 3.61. The third-order valence-electron chi connectivity index (χ3n) is 3.23. The fourth-order valence-electron chi connectivity index (χ4n) is 2.17. The van der Waals surface area contributed by atoms with Gasteiger partial charge in [0.2, 0.25) is 11.8 Å². The van der Waals surface area contributed by atoms with Crippen molar-refractivity contribution in [3.05, 3.63) is 23.9 Å². The Bertz CT molecular complexity index is 603. The van der Waals surface area contributed by atoms with Crippen molar-refractivity contribution < 1.29 is 17.9 Å². The standard InChI is InChI=1S/C13H19N3O4S/c1-20-13-6-10(2-3-15-13)8-16-12(17)7-11-9-21(18,19)5-4-14-11/h2-3,6,11,14H,4-5,7-9H2,1H3,(H,16,17). The molecule has 21 heavy (non-hydrogen) atoms. The molecule has 0 saturated carbocycles. The van der Waals surface area contributed by atoms with Crippen LogP contribution in [0.3, 0.4) is 0 Å². The first-order chi connectivity index (χ1) is 9.98. The van der Waals surface area contributed by atoms with Crippen molar-refractivity contribution in [3.8, 4) is 5.88 Å². The molecule has 1 unspecified atom stereocenters. The number of nitrogens with zero attached hydrogens (tertiary/aromatic N) is 1. The Morgan fingerprint density at radius 2 is 2.38 bits per heavy atom. The first-order valence-electron chi connectivity index (χ1n) is 6.68. The zero-order valence-corrected chi connectivity index (χ0v) is 12.6. The monoisotopic (exact) mass is 313 g/mol. The molecule has 2 rings (SSSR count). The lowest BCUT2D eigenvalue weighted by atomic mass is 10.2. The normalized spacial score (nSPS) is 20.7. The van der Waals surface area contributed by atoms with Gasteiger partial charge in [-0.05, 0) is 11.6 Å². The number of hydrogen-bond donors (Lipinski definition) is 2. The molecule has 2 heterocycles. The largest absolute Gasteiger partial charge is 0.481 e. The van der Waals surface area contributed by atoms with Gasteiger partial charge in [-0.2, -0.15) is 0 Å². The number of ether oxygens (including phenoxy) is 1. The van der Waals surface area contributed by atoms with E-state index in [0.29, 0.717) is 19.0 Å². The molecule has 1 aliphatic heterocycles. The predicted molar refractivity (Wildman–Crippen MR) is 77.7 cm³/mol. The SMILES string of the molecule is COc1cc(CNC(=O)CC2CS(=O)(=O)CCN2)ccn1. The van der Waals surface area contributed by atoms with E-state index in [9.17, 15) is 13.2 Å². The number of hydrogen-bond acceptors (Lipinski definition) is 6. The maximum absolute atomic E-state index is 11.9. The van der Waals surface area contributed by atoms with Crippen LogP contribution in [0, 0.1) is 0 Å². The van der Waals surface area contributed by atoms with Crippen LogP contribution in [0.15, 0.2) is 18.3 Å². The molecule has 7 nitrogen and oxygen atoms in total. The Morgan fingerprint density at radius 1 is 1.57 bits per heavy atom. The van der Waals surface area contributed by atoms with Gasteiger partial charge in [0.05, 0.1) is 18.6 Å². The average Bonchev–Trinajstić information content (AvgIpc) is 2.44. The summed E-state index contributed by atoms with van der Waals surface area (Å²) in [6.45, 7) is 0.763. The minimum Gasteiger partial charge on any atom is -0.481 e. The molecule has 0 bridgehead atoms. The van der Waals surface area contributed by atoms with Crippen molar-refractivity contribution in [2.75, 3.05) is 25.2 Å². The molecule has 1 saturated heterocycles. The average molecular weight is 313 g/mol. The molecule has 1 aromatic rings. The molecule has 8 heteroatoms. The van der Waals surface area contributed by atoms with Crippen LogP contribution in [-0.4, -0.2) is 50.5 Å². The van der Waals surface area contributed by atoms with Gasteiger partial charge in [0.15, 0.2) is 9.84 Å². The zero-order chi connectivity index (χ0) is 15.3. The highest BCUT2D eigenvalue weighted by Gasteiger charge is 2.25. The Balaban J connectivity index is 1.82. The van der Waals surface area contributed by atoms with Crippen molar-refractivity contribution in [1.82, 2.24) is 15.6 Å². The molecule has 116 valence electrons. The lowest BCUT2D eigenvalue weighted by molar-refractivity contribution is -0.121. The van der Waals surface area contributed by atoms with Crippen molar-refractivity contribution in [1.29, 1.82) is 0 Å². The fraction of sp³-hybridized carbons (Fsp3) is 0.538. The summed E-state index contributed by atoms with van der Waals surface area (Å²) in [5.41, 5.74) is 0.874. The summed E-state index contributed by atoms with van der Waals surface area (Å²) < 4.78 is 28.0. The minimum absolute atomic E-state index is 0.0174. The molecule has 1 aliphatic rings. The van der Waals surface area contributed by atoms with Gasteiger partial charge < -0.3 is 15.4 Å². The van der Waals surface area contributed by atoms with Crippen molar-refractivity contribution in [2.45, 2.75) is 19.0 Å². The molecule has 0 radical (unpaired) electrons. The molecular formula is C13H19N3O4S. The van der Waals surface area contributed by atoms with Gasteiger partial charge in [0.25, 0.3) is 0 Å². The van der Waals surface area contributed by atoms with Gasteiger partial charge in [-0.3, -0.25) is 4.79 Å². The third-order valence-corrected chi connectivity index (χ3v) is 4.97. The second-order valence-corrected chi connectivity index (χ2v) is 7.18. The maximum Gasteiger partial charge on any atom is 0.221 e. The van der Waals surface area contributed by atoms with Crippen LogP contribution in [-0.2, 0) is 21.2 Å². The van der Waals surface area contributed by atoms with Crippen LogP contribution in [0.1, 0.15) is 12.0 Å². The lowest BCUT2D eigenvalue weighted by Gasteiger charge is -2.23. The number of amides is 1. The Hall–Kier alpha value is -1.67. The van der Waals surface area contributed by atoms with Crippen LogP contribution in [0.5, 0.6) is 5.88 Å². The summed E-state index contributed by atoms with van der Waals surface area (Å²) in [4.78, 5) is 15.8. The van der Waals surface area contributed by atoms with E-state index in [1.807, 2.05) is 0 Å². The van der Waals surface area contributed by atoms with Crippen molar-refractivity contribution in [2.24, 2.45) is 0 Å². The number of methoxy groups -OCH3 is 1. The molecule has 0 spiro atoms. The second-order valence-electron chi connectivity index (χ2n) is 4.95. The number of carbonyl (C=O) groups excluding carboxylic acids is 1. The smallest absolute Gasteiger partial charge is 0.221 e. The van der Waals surface area contributed by atoms with Gasteiger partial charge in [0, 0.05) is 37.8 Å². The van der Waals surface area contributed by atoms with E-state index in [1.165, 1.54) is 7.11 Å². The molecule has 1 atom stereocenters. The quantitative estimate of drug-likeness (QED) is 0.759. The summed E-state index contributed by atoms with van der Waals surface area (Å²) in [7, 11) is -1.49. The summed E-state index contributed by atoms with van der Waals surface area (Å²) in [5.74, 6) is 0.466. The van der Waals surface area contributed by atoms with Crippen LogP contribution in [0.4, 0.5) is 0 Å². The third kappa shape index (κ3) is 4.98. The van der Waals surface area contributed by atoms with Crippen molar-refractivity contribution >= 4 is 15.7 Å². The first-order valence-corrected chi connectivity index (χ1v) is 8.50. The van der Waals surface area contributed by atoms with E-state index in [4.69, 9.17) is 4.74 Å². The molecule has 1 fully saturated rings. The zero-order valence-electron chi connectivity index (χ0n) is 11.8. The summed E-state index contributed by atoms with van der Waals surface area (Å²) >= 11 is 0. The number of rotatable bonds is 5. The van der Waals surface area contributed by atoms with Crippen molar-refractivity contribution in [3.63, 3.8) is 0 Å². The highest BCUT2D eigenvalue weighted by Crippen LogP contribution is 2.09. The topological polar surface area (TPSA) is 97.4 Å². The molecule has 1 amide bonds. The number of nitrogens with one attached hydrogen (secondary N) is 2. The summed E-state index contributed by atoms with van der Waals surface area (Å²) in [6, 6.07) is 3.21. The van der Waals surface area contributed by atoms with Gasteiger partial charge in [0.1, 0.15) is 0 Å². The van der Waals surface area contributed by atoms with Crippen LogP contribution < -0.4 is 15.4 Å². The molecule has 1 aromatic heterocycles. The van der Waals surface area contributed by atoms with Crippen LogP contribution >= 0.6 is 0 Å². The highest BCUT2D eigenvalue weighted by molar-refractivity contribution is 7.91. The second kappa shape index (κ2) is 6.86. The summed E-state index contributed by atoms with van der Waals surface area (Å²) in [5, 5.41) is 5.82. The van der Waals surface area contributed by atoms with Crippen LogP contribution in [0.2, 0.25) is 0 Å².